The molecule has 148 valence electrons. The van der Waals surface area contributed by atoms with Gasteiger partial charge >= 0.3 is 5.97 Å². The van der Waals surface area contributed by atoms with E-state index < -0.39 is 11.9 Å². The summed E-state index contributed by atoms with van der Waals surface area (Å²) < 4.78 is 16.2. The predicted molar refractivity (Wildman–Crippen MR) is 105 cm³/mol. The van der Waals surface area contributed by atoms with E-state index in [9.17, 15) is 15.2 Å². The second kappa shape index (κ2) is 8.40. The van der Waals surface area contributed by atoms with Gasteiger partial charge in [0.15, 0.2) is 0 Å². The second-order valence-electron chi connectivity index (χ2n) is 6.21. The molecule has 1 unspecified atom stereocenters. The van der Waals surface area contributed by atoms with E-state index in [1.807, 2.05) is 6.07 Å². The molecule has 7 heteroatoms. The van der Waals surface area contributed by atoms with Crippen LogP contribution in [0.2, 0.25) is 0 Å². The Kier molecular flexibility index (Phi) is 5.74. The number of ether oxygens (including phenoxy) is 3. The van der Waals surface area contributed by atoms with Gasteiger partial charge in [-0.3, -0.25) is 0 Å². The lowest BCUT2D eigenvalue weighted by molar-refractivity contribution is -0.138. The minimum Gasteiger partial charge on any atom is -0.508 e. The quantitative estimate of drug-likeness (QED) is 0.751. The summed E-state index contributed by atoms with van der Waals surface area (Å²) in [4.78, 5) is 12.9. The van der Waals surface area contributed by atoms with Crippen LogP contribution in [0.25, 0.3) is 5.76 Å². The molecule has 1 aliphatic rings. The third-order valence-corrected chi connectivity index (χ3v) is 4.49. The molecule has 0 aliphatic carbocycles. The lowest BCUT2D eigenvalue weighted by atomic mass is 9.82. The fraction of sp³-hybridized carbons (Fsp3) is 0.182. The Hall–Kier alpha value is -3.92. The number of hydrogen-bond donors (Lipinski definition) is 2. The van der Waals surface area contributed by atoms with Gasteiger partial charge in [0.05, 0.1) is 25.2 Å². The number of nitrogens with two attached hydrogens (primary N) is 1. The van der Waals surface area contributed by atoms with Gasteiger partial charge in [-0.05, 0) is 48.9 Å². The van der Waals surface area contributed by atoms with Crippen molar-refractivity contribution in [3.05, 3.63) is 76.7 Å². The summed E-state index contributed by atoms with van der Waals surface area (Å²) >= 11 is 0. The van der Waals surface area contributed by atoms with Crippen molar-refractivity contribution in [3.8, 4) is 17.6 Å². The zero-order valence-electron chi connectivity index (χ0n) is 16.0. The van der Waals surface area contributed by atoms with Crippen molar-refractivity contribution in [2.45, 2.75) is 12.8 Å². The lowest BCUT2D eigenvalue weighted by Gasteiger charge is -2.28. The van der Waals surface area contributed by atoms with Gasteiger partial charge in [-0.2, -0.15) is 5.26 Å². The smallest absolute Gasteiger partial charge is 0.338 e. The standard InChI is InChI=1S/C22H20N2O5/c1-3-28-22(26)19-18(13-4-8-15(25)9-5-13)17(12-23)21(24)29-20(19)14-6-10-16(27-2)11-7-14/h4-11,18,25H,3,24H2,1-2H3. The maximum atomic E-state index is 12.9. The van der Waals surface area contributed by atoms with Gasteiger partial charge in [-0.25, -0.2) is 4.79 Å². The summed E-state index contributed by atoms with van der Waals surface area (Å²) in [5.74, 6) is -0.597. The van der Waals surface area contributed by atoms with Gasteiger partial charge in [0.1, 0.15) is 28.9 Å². The molecular weight excluding hydrogens is 372 g/mol. The van der Waals surface area contributed by atoms with Gasteiger partial charge in [0.25, 0.3) is 0 Å². The molecule has 0 spiro atoms. The number of benzene rings is 2. The molecule has 1 atom stereocenters. The minimum atomic E-state index is -0.800. The van der Waals surface area contributed by atoms with E-state index in [2.05, 4.69) is 0 Å². The number of carbonyl (C=O) groups is 1. The maximum Gasteiger partial charge on any atom is 0.338 e. The van der Waals surface area contributed by atoms with E-state index in [1.54, 1.807) is 50.4 Å². The molecule has 0 radical (unpaired) electrons. The van der Waals surface area contributed by atoms with Crippen LogP contribution in [0.1, 0.15) is 24.0 Å². The number of rotatable bonds is 5. The van der Waals surface area contributed by atoms with Crippen molar-refractivity contribution in [1.82, 2.24) is 0 Å². The minimum absolute atomic E-state index is 0.0633. The third kappa shape index (κ3) is 3.87. The lowest BCUT2D eigenvalue weighted by Crippen LogP contribution is -2.25. The van der Waals surface area contributed by atoms with Crippen molar-refractivity contribution in [2.75, 3.05) is 13.7 Å². The van der Waals surface area contributed by atoms with Crippen LogP contribution >= 0.6 is 0 Å². The molecule has 0 amide bonds. The Balaban J connectivity index is 2.24. The molecular formula is C22H20N2O5. The molecule has 29 heavy (non-hydrogen) atoms. The summed E-state index contributed by atoms with van der Waals surface area (Å²) in [6, 6.07) is 15.2. The largest absolute Gasteiger partial charge is 0.508 e. The van der Waals surface area contributed by atoms with Crippen molar-refractivity contribution >= 4 is 11.7 Å². The first-order chi connectivity index (χ1) is 14.0. The number of hydrogen-bond acceptors (Lipinski definition) is 7. The highest BCUT2D eigenvalue weighted by Crippen LogP contribution is 2.43. The van der Waals surface area contributed by atoms with Crippen LogP contribution in [0, 0.1) is 11.3 Å². The zero-order chi connectivity index (χ0) is 21.0. The van der Waals surface area contributed by atoms with Crippen LogP contribution in [0.5, 0.6) is 11.5 Å². The molecule has 1 aliphatic heterocycles. The molecule has 3 rings (SSSR count). The molecule has 0 saturated heterocycles. The van der Waals surface area contributed by atoms with E-state index in [1.165, 1.54) is 12.1 Å². The number of nitriles is 1. The first-order valence-electron chi connectivity index (χ1n) is 8.92. The third-order valence-electron chi connectivity index (χ3n) is 4.49. The SMILES string of the molecule is CCOC(=O)C1=C(c2ccc(OC)cc2)OC(N)=C(C#N)C1c1ccc(O)cc1. The second-order valence-corrected chi connectivity index (χ2v) is 6.21. The highest BCUT2D eigenvalue weighted by molar-refractivity contribution is 5.99. The van der Waals surface area contributed by atoms with Crippen LogP contribution < -0.4 is 10.5 Å². The Bertz CT molecular complexity index is 1010. The van der Waals surface area contributed by atoms with Crippen molar-refractivity contribution < 1.29 is 24.1 Å². The number of esters is 1. The van der Waals surface area contributed by atoms with Crippen LogP contribution in [0.15, 0.2) is 65.6 Å². The van der Waals surface area contributed by atoms with Crippen LogP contribution in [-0.2, 0) is 14.3 Å². The first-order valence-corrected chi connectivity index (χ1v) is 8.92. The molecule has 3 N–H and O–H groups in total. The normalized spacial score (nSPS) is 16.1. The highest BCUT2D eigenvalue weighted by Gasteiger charge is 2.38. The number of aromatic hydroxyl groups is 1. The number of carbonyl (C=O) groups excluding carboxylic acids is 1. The van der Waals surface area contributed by atoms with Crippen molar-refractivity contribution in [1.29, 1.82) is 5.26 Å². The summed E-state index contributed by atoms with van der Waals surface area (Å²) in [6.45, 7) is 1.85. The molecule has 0 aromatic heterocycles. The van der Waals surface area contributed by atoms with Crippen LogP contribution in [0.3, 0.4) is 0 Å². The molecule has 0 bridgehead atoms. The molecule has 1 heterocycles. The summed E-state index contributed by atoms with van der Waals surface area (Å²) in [7, 11) is 1.55. The van der Waals surface area contributed by atoms with E-state index in [0.29, 0.717) is 16.9 Å². The van der Waals surface area contributed by atoms with Gasteiger partial charge in [-0.15, -0.1) is 0 Å². The van der Waals surface area contributed by atoms with E-state index in [4.69, 9.17) is 19.9 Å². The monoisotopic (exact) mass is 392 g/mol. The highest BCUT2D eigenvalue weighted by atomic mass is 16.5. The van der Waals surface area contributed by atoms with Gasteiger partial charge in [0.2, 0.25) is 5.88 Å². The summed E-state index contributed by atoms with van der Waals surface area (Å²) in [6.07, 6.45) is 0. The first kappa shape index (κ1) is 19.8. The predicted octanol–water partition coefficient (Wildman–Crippen LogP) is 3.18. The Labute approximate surface area is 168 Å². The molecule has 2 aromatic carbocycles. The Morgan fingerprint density at radius 3 is 2.41 bits per heavy atom. The average molecular weight is 392 g/mol. The van der Waals surface area contributed by atoms with Gasteiger partial charge in [-0.1, -0.05) is 12.1 Å². The number of allylic oxidation sites excluding steroid dienone is 1. The number of phenolic OH excluding ortho intramolecular Hbond substituents is 1. The summed E-state index contributed by atoms with van der Waals surface area (Å²) in [5.41, 5.74) is 7.47. The Morgan fingerprint density at radius 2 is 1.86 bits per heavy atom. The molecule has 2 aromatic rings. The maximum absolute atomic E-state index is 12.9. The van der Waals surface area contributed by atoms with Crippen LogP contribution in [-0.4, -0.2) is 24.8 Å². The van der Waals surface area contributed by atoms with Gasteiger partial charge < -0.3 is 25.1 Å². The molecule has 7 nitrogen and oxygen atoms in total. The van der Waals surface area contributed by atoms with Crippen molar-refractivity contribution in [2.24, 2.45) is 5.73 Å². The zero-order valence-corrected chi connectivity index (χ0v) is 16.0. The van der Waals surface area contributed by atoms with E-state index in [-0.39, 0.29) is 35.1 Å². The summed E-state index contributed by atoms with van der Waals surface area (Å²) in [5, 5.41) is 19.3. The van der Waals surface area contributed by atoms with Gasteiger partial charge in [0, 0.05) is 5.56 Å². The van der Waals surface area contributed by atoms with Crippen LogP contribution in [0.4, 0.5) is 0 Å². The number of methoxy groups -OCH3 is 1. The van der Waals surface area contributed by atoms with Crippen molar-refractivity contribution in [3.63, 3.8) is 0 Å². The van der Waals surface area contributed by atoms with E-state index >= 15 is 0 Å². The number of phenols is 1. The fourth-order valence-electron chi connectivity index (χ4n) is 3.13. The average Bonchev–Trinajstić information content (AvgIpc) is 2.73. The molecule has 0 fully saturated rings. The van der Waals surface area contributed by atoms with E-state index in [0.717, 1.165) is 0 Å². The Morgan fingerprint density at radius 1 is 1.21 bits per heavy atom. The molecule has 0 saturated carbocycles. The topological polar surface area (TPSA) is 115 Å². The number of nitrogens with zero attached hydrogens (tertiary/aromatic N) is 1. The fourth-order valence-corrected chi connectivity index (χ4v) is 3.13.